The Morgan fingerprint density at radius 2 is 2.15 bits per heavy atom. The normalized spacial score (nSPS) is 18.1. The second-order valence-corrected chi connectivity index (χ2v) is 9.12. The van der Waals surface area contributed by atoms with Gasteiger partial charge in [-0.25, -0.2) is 13.9 Å². The quantitative estimate of drug-likeness (QED) is 0.281. The molecule has 1 aliphatic carbocycles. The Balaban J connectivity index is 0.00000103. The zero-order chi connectivity index (χ0) is 24.7. The van der Waals surface area contributed by atoms with Crippen molar-refractivity contribution >= 4 is 40.6 Å². The molecule has 3 aromatic rings. The van der Waals surface area contributed by atoms with Crippen LogP contribution in [-0.2, 0) is 4.79 Å². The fourth-order valence-electron chi connectivity index (χ4n) is 4.21. The standard InChI is InChI=1S/C23H28ClFN6.C2H4O/c1-30(2)11-9-15-5-7-17(12-15)28-22-18(14-27-31-10-3-4-21(22)31)23(26)29-20-13-16(25)6-8-19(20)24;1-2-3/h3-4,6,8,10,13-15,17,28H,5,7,9,11-12H2,1-2H3,(H2,26,29);2H,1H3. The van der Waals surface area contributed by atoms with Crippen LogP contribution >= 0.6 is 11.6 Å². The fourth-order valence-corrected chi connectivity index (χ4v) is 4.37. The lowest BCUT2D eigenvalue weighted by Crippen LogP contribution is -2.22. The maximum absolute atomic E-state index is 13.7. The van der Waals surface area contributed by atoms with Gasteiger partial charge in [0.15, 0.2) is 0 Å². The topological polar surface area (TPSA) is 88.0 Å². The number of rotatable bonds is 7. The molecule has 34 heavy (non-hydrogen) atoms. The number of anilines is 1. The smallest absolute Gasteiger partial charge is 0.135 e. The van der Waals surface area contributed by atoms with E-state index in [2.05, 4.69) is 34.4 Å². The van der Waals surface area contributed by atoms with Crippen LogP contribution in [-0.4, -0.2) is 53.3 Å². The number of nitrogens with one attached hydrogen (secondary N) is 1. The van der Waals surface area contributed by atoms with Crippen molar-refractivity contribution in [2.24, 2.45) is 16.6 Å². The summed E-state index contributed by atoms with van der Waals surface area (Å²) in [5.41, 5.74) is 9.17. The minimum Gasteiger partial charge on any atom is -0.383 e. The zero-order valence-electron chi connectivity index (χ0n) is 19.8. The first-order valence-corrected chi connectivity index (χ1v) is 11.8. The van der Waals surface area contributed by atoms with Crippen molar-refractivity contribution < 1.29 is 9.18 Å². The van der Waals surface area contributed by atoms with E-state index in [1.54, 1.807) is 6.20 Å². The second-order valence-electron chi connectivity index (χ2n) is 8.71. The van der Waals surface area contributed by atoms with E-state index >= 15 is 0 Å². The molecule has 0 bridgehead atoms. The number of aldehydes is 1. The summed E-state index contributed by atoms with van der Waals surface area (Å²) in [4.78, 5) is 15.4. The van der Waals surface area contributed by atoms with Gasteiger partial charge in [-0.15, -0.1) is 0 Å². The minimum atomic E-state index is -0.413. The number of carbonyl (C=O) groups is 1. The number of hydrogen-bond donors (Lipinski definition) is 2. The third kappa shape index (κ3) is 6.55. The number of amidine groups is 1. The molecule has 1 aromatic carbocycles. The Kier molecular flexibility index (Phi) is 9.01. The SMILES string of the molecule is CC=O.CN(C)CCC1CCC(Nc2c(C(N)=Nc3cc(F)ccc3Cl)cnn3cccc23)C1. The number of halogens is 2. The van der Waals surface area contributed by atoms with E-state index in [-0.39, 0.29) is 5.84 Å². The molecular weight excluding hydrogens is 455 g/mol. The van der Waals surface area contributed by atoms with Crippen molar-refractivity contribution in [3.63, 3.8) is 0 Å². The van der Waals surface area contributed by atoms with E-state index in [9.17, 15) is 4.39 Å². The van der Waals surface area contributed by atoms with Crippen LogP contribution in [0.5, 0.6) is 0 Å². The van der Waals surface area contributed by atoms with Crippen molar-refractivity contribution in [1.29, 1.82) is 0 Å². The van der Waals surface area contributed by atoms with Gasteiger partial charge in [0.1, 0.15) is 17.9 Å². The summed E-state index contributed by atoms with van der Waals surface area (Å²) >= 11 is 6.18. The Morgan fingerprint density at radius 1 is 1.38 bits per heavy atom. The van der Waals surface area contributed by atoms with E-state index < -0.39 is 5.82 Å². The van der Waals surface area contributed by atoms with Crippen LogP contribution in [0.3, 0.4) is 0 Å². The molecule has 2 aromatic heterocycles. The van der Waals surface area contributed by atoms with Crippen molar-refractivity contribution in [3.8, 4) is 0 Å². The van der Waals surface area contributed by atoms with Crippen LogP contribution < -0.4 is 11.1 Å². The first kappa shape index (κ1) is 25.6. The van der Waals surface area contributed by atoms with Crippen LogP contribution in [0, 0.1) is 11.7 Å². The fraction of sp³-hybridized carbons (Fsp3) is 0.400. The molecule has 7 nitrogen and oxygen atoms in total. The molecule has 1 fully saturated rings. The summed E-state index contributed by atoms with van der Waals surface area (Å²) in [7, 11) is 4.23. The molecule has 2 atom stereocenters. The van der Waals surface area contributed by atoms with E-state index in [0.29, 0.717) is 28.2 Å². The van der Waals surface area contributed by atoms with Gasteiger partial charge >= 0.3 is 0 Å². The molecular formula is C25H32ClFN6O. The lowest BCUT2D eigenvalue weighted by Gasteiger charge is -2.19. The minimum absolute atomic E-state index is 0.244. The van der Waals surface area contributed by atoms with Gasteiger partial charge in [-0.1, -0.05) is 11.6 Å². The predicted octanol–water partition coefficient (Wildman–Crippen LogP) is 4.90. The van der Waals surface area contributed by atoms with E-state index in [4.69, 9.17) is 22.1 Å². The molecule has 9 heteroatoms. The van der Waals surface area contributed by atoms with Gasteiger partial charge in [-0.2, -0.15) is 5.10 Å². The zero-order valence-corrected chi connectivity index (χ0v) is 20.6. The van der Waals surface area contributed by atoms with Gasteiger partial charge in [0.05, 0.1) is 33.7 Å². The molecule has 0 amide bonds. The number of fused-ring (bicyclic) bond motifs is 1. The Morgan fingerprint density at radius 3 is 2.88 bits per heavy atom. The highest BCUT2D eigenvalue weighted by Gasteiger charge is 2.26. The lowest BCUT2D eigenvalue weighted by atomic mass is 10.0. The average molecular weight is 487 g/mol. The molecule has 2 unspecified atom stereocenters. The van der Waals surface area contributed by atoms with Gasteiger partial charge in [0.2, 0.25) is 0 Å². The van der Waals surface area contributed by atoms with Gasteiger partial charge in [0.25, 0.3) is 0 Å². The molecule has 1 aliphatic rings. The maximum atomic E-state index is 13.7. The monoisotopic (exact) mass is 486 g/mol. The molecule has 0 spiro atoms. The molecule has 2 heterocycles. The summed E-state index contributed by atoms with van der Waals surface area (Å²) < 4.78 is 15.5. The number of hydrogen-bond acceptors (Lipinski definition) is 5. The molecule has 3 N–H and O–H groups in total. The second kappa shape index (κ2) is 11.9. The summed E-state index contributed by atoms with van der Waals surface area (Å²) in [5, 5.41) is 8.50. The van der Waals surface area contributed by atoms with Gasteiger partial charge in [-0.3, -0.25) is 0 Å². The number of aliphatic imine (C=N–C) groups is 1. The van der Waals surface area contributed by atoms with Crippen molar-refractivity contribution in [2.75, 3.05) is 26.0 Å². The van der Waals surface area contributed by atoms with Crippen molar-refractivity contribution in [2.45, 2.75) is 38.6 Å². The Labute approximate surface area is 204 Å². The molecule has 0 aliphatic heterocycles. The molecule has 4 rings (SSSR count). The van der Waals surface area contributed by atoms with Gasteiger partial charge in [-0.05, 0) is 83.4 Å². The number of benzene rings is 1. The van der Waals surface area contributed by atoms with Crippen molar-refractivity contribution in [1.82, 2.24) is 14.5 Å². The summed E-state index contributed by atoms with van der Waals surface area (Å²) in [5.74, 6) is 0.544. The Hall–Kier alpha value is -2.97. The van der Waals surface area contributed by atoms with Crippen LogP contribution in [0.15, 0.2) is 47.7 Å². The number of nitrogens with zero attached hydrogens (tertiary/aromatic N) is 4. The lowest BCUT2D eigenvalue weighted by molar-refractivity contribution is -0.106. The van der Waals surface area contributed by atoms with Crippen LogP contribution in [0.2, 0.25) is 5.02 Å². The highest BCUT2D eigenvalue weighted by Crippen LogP contribution is 2.33. The molecule has 1 saturated carbocycles. The predicted molar refractivity (Wildman–Crippen MR) is 137 cm³/mol. The largest absolute Gasteiger partial charge is 0.383 e. The van der Waals surface area contributed by atoms with E-state index in [1.165, 1.54) is 38.0 Å². The highest BCUT2D eigenvalue weighted by molar-refractivity contribution is 6.33. The van der Waals surface area contributed by atoms with Crippen LogP contribution in [0.1, 0.15) is 38.2 Å². The maximum Gasteiger partial charge on any atom is 0.135 e. The third-order valence-electron chi connectivity index (χ3n) is 5.86. The van der Waals surface area contributed by atoms with E-state index in [1.807, 2.05) is 22.8 Å². The highest BCUT2D eigenvalue weighted by atomic mass is 35.5. The number of aromatic nitrogens is 2. The van der Waals surface area contributed by atoms with E-state index in [0.717, 1.165) is 36.9 Å². The van der Waals surface area contributed by atoms with Gasteiger partial charge in [0, 0.05) is 18.3 Å². The Bertz CT molecular complexity index is 1150. The first-order chi connectivity index (χ1) is 16.3. The van der Waals surface area contributed by atoms with Gasteiger partial charge < -0.3 is 20.7 Å². The summed E-state index contributed by atoms with van der Waals surface area (Å²) in [6, 6.07) is 8.35. The van der Waals surface area contributed by atoms with Crippen LogP contribution in [0.4, 0.5) is 15.8 Å². The van der Waals surface area contributed by atoms with Crippen LogP contribution in [0.25, 0.3) is 5.52 Å². The number of nitrogens with two attached hydrogens (primary N) is 1. The third-order valence-corrected chi connectivity index (χ3v) is 6.18. The molecule has 182 valence electrons. The summed E-state index contributed by atoms with van der Waals surface area (Å²) in [6.45, 7) is 2.55. The number of carbonyl (C=O) groups excluding carboxylic acids is 1. The molecule has 0 saturated heterocycles. The van der Waals surface area contributed by atoms with Crippen molar-refractivity contribution in [3.05, 3.63) is 59.1 Å². The average Bonchev–Trinajstić information content (AvgIpc) is 3.45. The summed E-state index contributed by atoms with van der Waals surface area (Å²) in [6.07, 6.45) is 8.99. The first-order valence-electron chi connectivity index (χ1n) is 11.4. The molecule has 0 radical (unpaired) electrons.